The van der Waals surface area contributed by atoms with Crippen molar-refractivity contribution < 1.29 is 4.79 Å². The van der Waals surface area contributed by atoms with Gasteiger partial charge in [0, 0.05) is 22.7 Å². The van der Waals surface area contributed by atoms with Crippen molar-refractivity contribution >= 4 is 27.5 Å². The number of hydrogen-bond donors (Lipinski definition) is 3. The number of carbonyl (C=O) groups excluding carboxylic acids is 1. The number of nitrogens with one attached hydrogen (secondary N) is 2. The van der Waals surface area contributed by atoms with E-state index in [1.165, 1.54) is 12.8 Å². The summed E-state index contributed by atoms with van der Waals surface area (Å²) in [5.41, 5.74) is 6.71. The number of primary amides is 1. The van der Waals surface area contributed by atoms with E-state index >= 15 is 0 Å². The number of hydrogen-bond acceptors (Lipinski definition) is 3. The van der Waals surface area contributed by atoms with E-state index in [1.54, 1.807) is 6.07 Å². The lowest BCUT2D eigenvalue weighted by molar-refractivity contribution is 0.100. The van der Waals surface area contributed by atoms with Crippen LogP contribution in [0, 0.1) is 0 Å². The largest absolute Gasteiger partial charge is 0.384 e. The summed E-state index contributed by atoms with van der Waals surface area (Å²) in [6, 6.07) is 6.14. The van der Waals surface area contributed by atoms with E-state index in [4.69, 9.17) is 5.73 Å². The van der Waals surface area contributed by atoms with Gasteiger partial charge in [-0.15, -0.1) is 0 Å². The number of amides is 1. The van der Waals surface area contributed by atoms with E-state index < -0.39 is 5.91 Å². The Kier molecular flexibility index (Phi) is 4.60. The molecule has 0 bridgehead atoms. The minimum Gasteiger partial charge on any atom is -0.384 e. The minimum atomic E-state index is -0.405. The second-order valence-corrected chi connectivity index (χ2v) is 5.48. The topological polar surface area (TPSA) is 67.2 Å². The molecule has 0 aromatic heterocycles. The van der Waals surface area contributed by atoms with E-state index in [-0.39, 0.29) is 0 Å². The molecule has 1 amide bonds. The van der Waals surface area contributed by atoms with Crippen molar-refractivity contribution in [2.45, 2.75) is 25.3 Å². The summed E-state index contributed by atoms with van der Waals surface area (Å²) in [5, 5.41) is 6.74. The monoisotopic (exact) mass is 311 g/mol. The molecule has 0 saturated carbocycles. The van der Waals surface area contributed by atoms with Crippen LogP contribution in [0.1, 0.15) is 29.6 Å². The molecule has 5 heteroatoms. The van der Waals surface area contributed by atoms with Crippen LogP contribution in [0.4, 0.5) is 5.69 Å². The Morgan fingerprint density at radius 1 is 1.56 bits per heavy atom. The highest BCUT2D eigenvalue weighted by Crippen LogP contribution is 2.21. The maximum atomic E-state index is 11.3. The first-order chi connectivity index (χ1) is 8.66. The zero-order valence-corrected chi connectivity index (χ0v) is 11.8. The van der Waals surface area contributed by atoms with Crippen molar-refractivity contribution in [3.05, 3.63) is 28.2 Å². The highest BCUT2D eigenvalue weighted by Gasteiger charge is 2.14. The summed E-state index contributed by atoms with van der Waals surface area (Å²) in [4.78, 5) is 11.3. The normalized spacial score (nSPS) is 18.8. The highest BCUT2D eigenvalue weighted by molar-refractivity contribution is 9.10. The lowest BCUT2D eigenvalue weighted by atomic mass is 10.1. The summed E-state index contributed by atoms with van der Waals surface area (Å²) in [5.74, 6) is -0.405. The molecule has 1 aliphatic heterocycles. The predicted octanol–water partition coefficient (Wildman–Crippen LogP) is 2.10. The SMILES string of the molecule is NC(=O)c1cc(Br)ccc1NCC[C@@H]1CCCN1. The molecule has 1 aromatic rings. The number of benzene rings is 1. The molecule has 1 saturated heterocycles. The molecular formula is C13H18BrN3O. The van der Waals surface area contributed by atoms with E-state index in [9.17, 15) is 4.79 Å². The molecular weight excluding hydrogens is 294 g/mol. The van der Waals surface area contributed by atoms with Crippen LogP contribution in [0.15, 0.2) is 22.7 Å². The fourth-order valence-electron chi connectivity index (χ4n) is 2.26. The highest BCUT2D eigenvalue weighted by atomic mass is 79.9. The van der Waals surface area contributed by atoms with E-state index in [0.29, 0.717) is 11.6 Å². The molecule has 4 N–H and O–H groups in total. The summed E-state index contributed by atoms with van der Waals surface area (Å²) < 4.78 is 0.860. The zero-order chi connectivity index (χ0) is 13.0. The molecule has 1 fully saturated rings. The molecule has 0 radical (unpaired) electrons. The van der Waals surface area contributed by atoms with Gasteiger partial charge in [0.15, 0.2) is 0 Å². The summed E-state index contributed by atoms with van der Waals surface area (Å²) >= 11 is 3.34. The molecule has 18 heavy (non-hydrogen) atoms. The van der Waals surface area contributed by atoms with Gasteiger partial charge in [-0.05, 0) is 44.0 Å². The Morgan fingerprint density at radius 2 is 2.39 bits per heavy atom. The van der Waals surface area contributed by atoms with E-state index in [2.05, 4.69) is 26.6 Å². The molecule has 2 rings (SSSR count). The number of rotatable bonds is 5. The summed E-state index contributed by atoms with van der Waals surface area (Å²) in [6.45, 7) is 1.97. The van der Waals surface area contributed by atoms with Crippen molar-refractivity contribution in [1.82, 2.24) is 5.32 Å². The first-order valence-electron chi connectivity index (χ1n) is 6.23. The predicted molar refractivity (Wildman–Crippen MR) is 76.8 cm³/mol. The Labute approximate surface area is 115 Å². The third kappa shape index (κ3) is 3.46. The average Bonchev–Trinajstić information content (AvgIpc) is 2.84. The van der Waals surface area contributed by atoms with Crippen molar-refractivity contribution in [1.29, 1.82) is 0 Å². The van der Waals surface area contributed by atoms with Gasteiger partial charge < -0.3 is 16.4 Å². The smallest absolute Gasteiger partial charge is 0.250 e. The number of anilines is 1. The van der Waals surface area contributed by atoms with Gasteiger partial charge in [0.05, 0.1) is 5.56 Å². The number of carbonyl (C=O) groups is 1. The lowest BCUT2D eigenvalue weighted by Crippen LogP contribution is -2.24. The Morgan fingerprint density at radius 3 is 3.06 bits per heavy atom. The molecule has 98 valence electrons. The van der Waals surface area contributed by atoms with E-state index in [1.807, 2.05) is 12.1 Å². The van der Waals surface area contributed by atoms with Crippen LogP contribution in [-0.2, 0) is 0 Å². The van der Waals surface area contributed by atoms with Gasteiger partial charge in [-0.3, -0.25) is 4.79 Å². The molecule has 0 spiro atoms. The first-order valence-corrected chi connectivity index (χ1v) is 7.03. The van der Waals surface area contributed by atoms with Gasteiger partial charge in [-0.2, -0.15) is 0 Å². The number of halogens is 1. The maximum Gasteiger partial charge on any atom is 0.250 e. The van der Waals surface area contributed by atoms with Gasteiger partial charge in [-0.25, -0.2) is 0 Å². The van der Waals surface area contributed by atoms with Crippen LogP contribution < -0.4 is 16.4 Å². The summed E-state index contributed by atoms with van der Waals surface area (Å²) in [6.07, 6.45) is 3.56. The van der Waals surface area contributed by atoms with Crippen LogP contribution in [0.3, 0.4) is 0 Å². The molecule has 0 aliphatic carbocycles. The Balaban J connectivity index is 1.93. The molecule has 0 unspecified atom stereocenters. The van der Waals surface area contributed by atoms with Gasteiger partial charge >= 0.3 is 0 Å². The van der Waals surface area contributed by atoms with Gasteiger partial charge in [0.25, 0.3) is 5.91 Å². The second-order valence-electron chi connectivity index (χ2n) is 4.56. The standard InChI is InChI=1S/C13H18BrN3O/c14-9-3-4-12(11(8-9)13(15)18)17-7-5-10-2-1-6-16-10/h3-4,8,10,16-17H,1-2,5-7H2,(H2,15,18)/t10-/m0/s1. The maximum absolute atomic E-state index is 11.3. The fraction of sp³-hybridized carbons (Fsp3) is 0.462. The second kappa shape index (κ2) is 6.20. The van der Waals surface area contributed by atoms with Crippen LogP contribution in [-0.4, -0.2) is 25.0 Å². The van der Waals surface area contributed by atoms with Crippen molar-refractivity contribution in [2.75, 3.05) is 18.4 Å². The quantitative estimate of drug-likeness (QED) is 0.780. The lowest BCUT2D eigenvalue weighted by Gasteiger charge is -2.13. The number of nitrogens with two attached hydrogens (primary N) is 1. The van der Waals surface area contributed by atoms with E-state index in [0.717, 1.165) is 29.7 Å². The van der Waals surface area contributed by atoms with Crippen LogP contribution >= 0.6 is 15.9 Å². The minimum absolute atomic E-state index is 0.405. The van der Waals surface area contributed by atoms with Crippen molar-refractivity contribution in [2.24, 2.45) is 5.73 Å². The summed E-state index contributed by atoms with van der Waals surface area (Å²) in [7, 11) is 0. The van der Waals surface area contributed by atoms with Crippen molar-refractivity contribution in [3.8, 4) is 0 Å². The van der Waals surface area contributed by atoms with Gasteiger partial charge in [0.1, 0.15) is 0 Å². The third-order valence-electron chi connectivity index (χ3n) is 3.22. The van der Waals surface area contributed by atoms with Gasteiger partial charge in [-0.1, -0.05) is 15.9 Å². The Bertz CT molecular complexity index is 430. The molecule has 1 aliphatic rings. The van der Waals surface area contributed by atoms with Crippen molar-refractivity contribution in [3.63, 3.8) is 0 Å². The first kappa shape index (κ1) is 13.4. The van der Waals surface area contributed by atoms with Crippen LogP contribution in [0.25, 0.3) is 0 Å². The third-order valence-corrected chi connectivity index (χ3v) is 3.71. The molecule has 1 aromatic carbocycles. The average molecular weight is 312 g/mol. The van der Waals surface area contributed by atoms with Gasteiger partial charge in [0.2, 0.25) is 0 Å². The van der Waals surface area contributed by atoms with Crippen LogP contribution in [0.2, 0.25) is 0 Å². The molecule has 1 heterocycles. The fourth-order valence-corrected chi connectivity index (χ4v) is 2.62. The molecule has 4 nitrogen and oxygen atoms in total. The van der Waals surface area contributed by atoms with Crippen LogP contribution in [0.5, 0.6) is 0 Å². The zero-order valence-electron chi connectivity index (χ0n) is 10.2. The Hall–Kier alpha value is -1.07. The molecule has 1 atom stereocenters.